The molecule has 1 aromatic heterocycles. The summed E-state index contributed by atoms with van der Waals surface area (Å²) in [5.41, 5.74) is 1.78. The van der Waals surface area contributed by atoms with Crippen LogP contribution < -0.4 is 9.47 Å². The van der Waals surface area contributed by atoms with E-state index in [-0.39, 0.29) is 6.10 Å². The molecule has 2 rings (SSSR count). The highest BCUT2D eigenvalue weighted by Gasteiger charge is 2.26. The molecule has 0 radical (unpaired) electrons. The Balaban J connectivity index is 2.36. The molecule has 16 heavy (non-hydrogen) atoms. The van der Waals surface area contributed by atoms with E-state index in [0.717, 1.165) is 41.7 Å². The van der Waals surface area contributed by atoms with Gasteiger partial charge >= 0.3 is 5.88 Å². The van der Waals surface area contributed by atoms with Gasteiger partial charge in [-0.3, -0.25) is 0 Å². The third-order valence-corrected chi connectivity index (χ3v) is 3.41. The molecule has 3 nitrogen and oxygen atoms in total. The third-order valence-electron chi connectivity index (χ3n) is 3.07. The zero-order valence-corrected chi connectivity index (χ0v) is 10.4. The standard InChI is InChI=1S/C12H16ClNO2/c1-3-8(2)16-12-7-10(13)9-5-4-6-11(9)14(12)15/h7-8H,3-6H2,1-2H3. The molecule has 1 heterocycles. The summed E-state index contributed by atoms with van der Waals surface area (Å²) in [6.07, 6.45) is 3.62. The Hall–Kier alpha value is -0.960. The van der Waals surface area contributed by atoms with E-state index < -0.39 is 0 Å². The smallest absolute Gasteiger partial charge is 0.381 e. The number of hydrogen-bond donors (Lipinski definition) is 0. The molecule has 0 bridgehead atoms. The van der Waals surface area contributed by atoms with Crippen molar-refractivity contribution in [1.82, 2.24) is 0 Å². The van der Waals surface area contributed by atoms with Crippen molar-refractivity contribution >= 4 is 11.6 Å². The highest BCUT2D eigenvalue weighted by atomic mass is 35.5. The maximum atomic E-state index is 12.0. The van der Waals surface area contributed by atoms with Crippen LogP contribution in [0.5, 0.6) is 5.88 Å². The normalized spacial score (nSPS) is 15.9. The van der Waals surface area contributed by atoms with Gasteiger partial charge in [0.2, 0.25) is 5.69 Å². The van der Waals surface area contributed by atoms with Crippen molar-refractivity contribution in [3.63, 3.8) is 0 Å². The van der Waals surface area contributed by atoms with Crippen LogP contribution in [-0.2, 0) is 12.8 Å². The number of ether oxygens (including phenoxy) is 1. The van der Waals surface area contributed by atoms with E-state index in [1.807, 2.05) is 13.8 Å². The van der Waals surface area contributed by atoms with Crippen molar-refractivity contribution in [3.05, 3.63) is 27.6 Å². The van der Waals surface area contributed by atoms with Gasteiger partial charge in [0.05, 0.1) is 11.1 Å². The predicted octanol–water partition coefficient (Wildman–Crippen LogP) is 2.64. The van der Waals surface area contributed by atoms with Crippen LogP contribution in [0.15, 0.2) is 6.07 Å². The van der Waals surface area contributed by atoms with Crippen LogP contribution in [0.3, 0.4) is 0 Å². The van der Waals surface area contributed by atoms with Crippen molar-refractivity contribution in [2.75, 3.05) is 0 Å². The molecule has 1 atom stereocenters. The van der Waals surface area contributed by atoms with Crippen molar-refractivity contribution in [1.29, 1.82) is 0 Å². The van der Waals surface area contributed by atoms with Gasteiger partial charge in [-0.2, -0.15) is 0 Å². The number of pyridine rings is 1. The zero-order valence-electron chi connectivity index (χ0n) is 9.62. The van der Waals surface area contributed by atoms with E-state index >= 15 is 0 Å². The first-order chi connectivity index (χ1) is 7.63. The van der Waals surface area contributed by atoms with Crippen molar-refractivity contribution < 1.29 is 9.47 Å². The Bertz CT molecular complexity index is 406. The van der Waals surface area contributed by atoms with E-state index in [4.69, 9.17) is 16.3 Å². The fourth-order valence-electron chi connectivity index (χ4n) is 1.97. The van der Waals surface area contributed by atoms with Crippen LogP contribution in [0.1, 0.15) is 37.9 Å². The van der Waals surface area contributed by atoms with Gasteiger partial charge in [0.1, 0.15) is 6.10 Å². The molecule has 88 valence electrons. The van der Waals surface area contributed by atoms with Gasteiger partial charge < -0.3 is 9.94 Å². The molecule has 0 saturated heterocycles. The first-order valence-electron chi connectivity index (χ1n) is 5.74. The summed E-state index contributed by atoms with van der Waals surface area (Å²) in [6, 6.07) is 1.64. The number of aromatic nitrogens is 1. The fraction of sp³-hybridized carbons (Fsp3) is 0.583. The summed E-state index contributed by atoms with van der Waals surface area (Å²) >= 11 is 6.14. The summed E-state index contributed by atoms with van der Waals surface area (Å²) in [5.74, 6) is 0.333. The lowest BCUT2D eigenvalue weighted by Gasteiger charge is -2.14. The Morgan fingerprint density at radius 3 is 3.00 bits per heavy atom. The van der Waals surface area contributed by atoms with Crippen LogP contribution in [-0.4, -0.2) is 6.10 Å². The van der Waals surface area contributed by atoms with E-state index in [9.17, 15) is 5.21 Å². The SMILES string of the molecule is CCC(C)Oc1cc(Cl)c2c([n+]1[O-])CCC2. The zero-order chi connectivity index (χ0) is 11.7. The van der Waals surface area contributed by atoms with Crippen molar-refractivity contribution in [3.8, 4) is 5.88 Å². The molecule has 0 amide bonds. The second-order valence-corrected chi connectivity index (χ2v) is 4.65. The summed E-state index contributed by atoms with van der Waals surface area (Å²) in [7, 11) is 0. The molecule has 0 N–H and O–H groups in total. The molecule has 1 aromatic rings. The lowest BCUT2D eigenvalue weighted by molar-refractivity contribution is -0.621. The molecule has 1 unspecified atom stereocenters. The predicted molar refractivity (Wildman–Crippen MR) is 62.8 cm³/mol. The van der Waals surface area contributed by atoms with E-state index in [2.05, 4.69) is 0 Å². The number of halogens is 1. The van der Waals surface area contributed by atoms with Gasteiger partial charge in [-0.05, 0) is 26.2 Å². The summed E-state index contributed by atoms with van der Waals surface area (Å²) in [6.45, 7) is 3.97. The van der Waals surface area contributed by atoms with Gasteiger partial charge in [-0.25, -0.2) is 0 Å². The molecule has 0 aliphatic heterocycles. The monoisotopic (exact) mass is 241 g/mol. The maximum Gasteiger partial charge on any atom is 0.381 e. The van der Waals surface area contributed by atoms with Gasteiger partial charge in [0, 0.05) is 12.0 Å². The van der Waals surface area contributed by atoms with Crippen LogP contribution in [0, 0.1) is 5.21 Å². The largest absolute Gasteiger partial charge is 0.616 e. The average Bonchev–Trinajstić information content (AvgIpc) is 2.74. The Kier molecular flexibility index (Phi) is 3.24. The van der Waals surface area contributed by atoms with Crippen LogP contribution in [0.4, 0.5) is 0 Å². The highest BCUT2D eigenvalue weighted by molar-refractivity contribution is 6.31. The van der Waals surface area contributed by atoms with Gasteiger partial charge in [-0.1, -0.05) is 18.5 Å². The summed E-state index contributed by atoms with van der Waals surface area (Å²) in [5, 5.41) is 12.7. The lowest BCUT2D eigenvalue weighted by atomic mass is 10.2. The van der Waals surface area contributed by atoms with Crippen molar-refractivity contribution in [2.24, 2.45) is 0 Å². The minimum atomic E-state index is 0.0377. The molecule has 1 aliphatic carbocycles. The second-order valence-electron chi connectivity index (χ2n) is 4.24. The number of rotatable bonds is 3. The lowest BCUT2D eigenvalue weighted by Crippen LogP contribution is -2.35. The minimum absolute atomic E-state index is 0.0377. The number of nitrogens with zero attached hydrogens (tertiary/aromatic N) is 1. The Morgan fingerprint density at radius 2 is 2.31 bits per heavy atom. The average molecular weight is 242 g/mol. The first-order valence-corrected chi connectivity index (χ1v) is 6.11. The minimum Gasteiger partial charge on any atom is -0.616 e. The topological polar surface area (TPSA) is 36.2 Å². The van der Waals surface area contributed by atoms with E-state index in [1.165, 1.54) is 0 Å². The summed E-state index contributed by atoms with van der Waals surface area (Å²) < 4.78 is 6.47. The molecule has 0 spiro atoms. The molecule has 4 heteroatoms. The van der Waals surface area contributed by atoms with Crippen molar-refractivity contribution in [2.45, 2.75) is 45.6 Å². The molecular weight excluding hydrogens is 226 g/mol. The fourth-order valence-corrected chi connectivity index (χ4v) is 2.26. The van der Waals surface area contributed by atoms with Crippen LogP contribution >= 0.6 is 11.6 Å². The molecule has 0 fully saturated rings. The number of hydrogen-bond acceptors (Lipinski definition) is 2. The van der Waals surface area contributed by atoms with Crippen LogP contribution in [0.25, 0.3) is 0 Å². The molecular formula is C12H16ClNO2. The number of fused-ring (bicyclic) bond motifs is 1. The van der Waals surface area contributed by atoms with Gasteiger partial charge in [-0.15, -0.1) is 4.73 Å². The highest BCUT2D eigenvalue weighted by Crippen LogP contribution is 2.29. The Morgan fingerprint density at radius 1 is 1.56 bits per heavy atom. The second kappa shape index (κ2) is 4.50. The Labute approximate surface area is 101 Å². The van der Waals surface area contributed by atoms with Gasteiger partial charge in [0.15, 0.2) is 0 Å². The molecule has 0 aromatic carbocycles. The first kappa shape index (κ1) is 11.5. The summed E-state index contributed by atoms with van der Waals surface area (Å²) in [4.78, 5) is 0. The van der Waals surface area contributed by atoms with E-state index in [1.54, 1.807) is 6.07 Å². The maximum absolute atomic E-state index is 12.0. The third kappa shape index (κ3) is 1.96. The molecule has 1 aliphatic rings. The molecule has 0 saturated carbocycles. The van der Waals surface area contributed by atoms with E-state index in [0.29, 0.717) is 10.9 Å². The van der Waals surface area contributed by atoms with Gasteiger partial charge in [0.25, 0.3) is 0 Å². The quantitative estimate of drug-likeness (QED) is 0.603. The van der Waals surface area contributed by atoms with Crippen LogP contribution in [0.2, 0.25) is 5.02 Å².